The van der Waals surface area contributed by atoms with E-state index in [2.05, 4.69) is 9.72 Å². The third kappa shape index (κ3) is 2.18. The second kappa shape index (κ2) is 3.90. The van der Waals surface area contributed by atoms with Crippen LogP contribution in [0.3, 0.4) is 0 Å². The normalized spacial score (nSPS) is 24.1. The number of pyridine rings is 1. The summed E-state index contributed by atoms with van der Waals surface area (Å²) in [6.45, 7) is -0.776. The van der Waals surface area contributed by atoms with Gasteiger partial charge in [0.1, 0.15) is 11.6 Å². The largest absolute Gasteiger partial charge is 0.464 e. The predicted molar refractivity (Wildman–Crippen MR) is 49.4 cm³/mol. The summed E-state index contributed by atoms with van der Waals surface area (Å²) in [5.74, 6) is -2.98. The minimum atomic E-state index is -2.99. The lowest BCUT2D eigenvalue weighted by Gasteiger charge is -2.18. The number of aromatic nitrogens is 1. The maximum Gasteiger partial charge on any atom is 0.309 e. The van der Waals surface area contributed by atoms with E-state index in [9.17, 15) is 8.78 Å². The molecule has 0 N–H and O–H groups in total. The lowest BCUT2D eigenvalue weighted by molar-refractivity contribution is -0.0670. The van der Waals surface area contributed by atoms with Crippen LogP contribution in [0.1, 0.15) is 0 Å². The Hall–Kier alpha value is -0.940. The summed E-state index contributed by atoms with van der Waals surface area (Å²) in [7, 11) is 0. The average molecular weight is 236 g/mol. The second-order valence-corrected chi connectivity index (χ2v) is 3.58. The molecule has 1 aromatic heterocycles. The lowest BCUT2D eigenvalue weighted by atomic mass is 10.2. The predicted octanol–water partition coefficient (Wildman–Crippen LogP) is 2.15. The molecule has 1 aromatic rings. The number of rotatable bonds is 2. The average Bonchev–Trinajstić information content (AvgIpc) is 2.50. The molecule has 0 amide bonds. The maximum atomic E-state index is 13.1. The molecule has 1 aliphatic heterocycles. The molecule has 15 heavy (non-hydrogen) atoms. The van der Waals surface area contributed by atoms with Gasteiger partial charge in [-0.25, -0.2) is 4.98 Å². The van der Waals surface area contributed by atoms with Gasteiger partial charge in [0.2, 0.25) is 5.88 Å². The van der Waals surface area contributed by atoms with Gasteiger partial charge in [0.15, 0.2) is 6.10 Å². The Morgan fingerprint density at radius 3 is 3.00 bits per heavy atom. The Balaban J connectivity index is 2.12. The Labute approximate surface area is 90.0 Å². The zero-order valence-electron chi connectivity index (χ0n) is 7.62. The molecule has 2 heterocycles. The van der Waals surface area contributed by atoms with E-state index in [1.54, 1.807) is 6.07 Å². The Morgan fingerprint density at radius 2 is 2.40 bits per heavy atom. The standard InChI is InChI=1S/C9H8ClF2NO2/c10-6-2-1-3-13-8(6)15-7-4-14-5-9(7,11)12/h1-3,7H,4-5H2. The molecular formula is C9H8ClF2NO2. The second-order valence-electron chi connectivity index (χ2n) is 3.17. The molecule has 1 fully saturated rings. The van der Waals surface area contributed by atoms with Gasteiger partial charge >= 0.3 is 5.92 Å². The van der Waals surface area contributed by atoms with Crippen molar-refractivity contribution < 1.29 is 18.3 Å². The van der Waals surface area contributed by atoms with Gasteiger partial charge < -0.3 is 9.47 Å². The first-order valence-corrected chi connectivity index (χ1v) is 4.70. The van der Waals surface area contributed by atoms with Crippen LogP contribution in [0, 0.1) is 0 Å². The topological polar surface area (TPSA) is 31.4 Å². The van der Waals surface area contributed by atoms with Crippen molar-refractivity contribution in [1.29, 1.82) is 0 Å². The van der Waals surface area contributed by atoms with Crippen molar-refractivity contribution in [1.82, 2.24) is 4.98 Å². The summed E-state index contributed by atoms with van der Waals surface area (Å²) in [6.07, 6.45) is 0.111. The minimum Gasteiger partial charge on any atom is -0.464 e. The first-order chi connectivity index (χ1) is 7.09. The quantitative estimate of drug-likeness (QED) is 0.787. The van der Waals surface area contributed by atoms with Gasteiger partial charge in [0.05, 0.1) is 6.61 Å². The first-order valence-electron chi connectivity index (χ1n) is 4.32. The van der Waals surface area contributed by atoms with Gasteiger partial charge in [0, 0.05) is 6.20 Å². The van der Waals surface area contributed by atoms with Gasteiger partial charge in [-0.1, -0.05) is 11.6 Å². The van der Waals surface area contributed by atoms with E-state index >= 15 is 0 Å². The molecule has 2 rings (SSSR count). The molecule has 1 unspecified atom stereocenters. The van der Waals surface area contributed by atoms with Gasteiger partial charge in [-0.2, -0.15) is 8.78 Å². The first kappa shape index (κ1) is 10.6. The highest BCUT2D eigenvalue weighted by Crippen LogP contribution is 2.31. The minimum absolute atomic E-state index is 0.00865. The monoisotopic (exact) mass is 235 g/mol. The summed E-state index contributed by atoms with van der Waals surface area (Å²) >= 11 is 5.72. The van der Waals surface area contributed by atoms with Crippen LogP contribution in [0.4, 0.5) is 8.78 Å². The highest BCUT2D eigenvalue weighted by molar-refractivity contribution is 6.31. The number of nitrogens with zero attached hydrogens (tertiary/aromatic N) is 1. The Kier molecular flexibility index (Phi) is 2.75. The molecule has 3 nitrogen and oxygen atoms in total. The van der Waals surface area contributed by atoms with E-state index in [-0.39, 0.29) is 17.5 Å². The highest BCUT2D eigenvalue weighted by atomic mass is 35.5. The lowest BCUT2D eigenvalue weighted by Crippen LogP contribution is -2.36. The molecule has 0 aromatic carbocycles. The van der Waals surface area contributed by atoms with Crippen molar-refractivity contribution in [2.75, 3.05) is 13.2 Å². The van der Waals surface area contributed by atoms with Crippen molar-refractivity contribution in [2.45, 2.75) is 12.0 Å². The van der Waals surface area contributed by atoms with Gasteiger partial charge in [0.25, 0.3) is 0 Å². The summed E-state index contributed by atoms with van der Waals surface area (Å²) < 4.78 is 35.9. The summed E-state index contributed by atoms with van der Waals surface area (Å²) in [4.78, 5) is 3.76. The van der Waals surface area contributed by atoms with Gasteiger partial charge in [-0.3, -0.25) is 0 Å². The Bertz CT molecular complexity index is 362. The van der Waals surface area contributed by atoms with E-state index in [1.807, 2.05) is 0 Å². The summed E-state index contributed by atoms with van der Waals surface area (Å²) in [5, 5.41) is 0.209. The zero-order valence-corrected chi connectivity index (χ0v) is 8.38. The van der Waals surface area contributed by atoms with E-state index in [0.717, 1.165) is 0 Å². The van der Waals surface area contributed by atoms with Gasteiger partial charge in [-0.05, 0) is 12.1 Å². The third-order valence-corrected chi connectivity index (χ3v) is 2.30. The van der Waals surface area contributed by atoms with Crippen LogP contribution in [0.5, 0.6) is 5.88 Å². The number of hydrogen-bond donors (Lipinski definition) is 0. The molecule has 1 saturated heterocycles. The summed E-state index contributed by atoms with van der Waals surface area (Å²) in [5.41, 5.74) is 0. The molecular weight excluding hydrogens is 228 g/mol. The van der Waals surface area contributed by atoms with Crippen LogP contribution in [-0.2, 0) is 4.74 Å². The maximum absolute atomic E-state index is 13.1. The van der Waals surface area contributed by atoms with E-state index < -0.39 is 18.6 Å². The molecule has 0 radical (unpaired) electrons. The SMILES string of the molecule is FC1(F)COCC1Oc1ncccc1Cl. The molecule has 6 heteroatoms. The van der Waals surface area contributed by atoms with Crippen molar-refractivity contribution in [3.05, 3.63) is 23.4 Å². The number of ether oxygens (including phenoxy) is 2. The molecule has 0 saturated carbocycles. The molecule has 82 valence electrons. The fraction of sp³-hybridized carbons (Fsp3) is 0.444. The van der Waals surface area contributed by atoms with Crippen molar-refractivity contribution in [3.63, 3.8) is 0 Å². The van der Waals surface area contributed by atoms with Crippen LogP contribution < -0.4 is 4.74 Å². The van der Waals surface area contributed by atoms with Crippen LogP contribution in [0.15, 0.2) is 18.3 Å². The zero-order chi connectivity index (χ0) is 10.9. The third-order valence-electron chi connectivity index (χ3n) is 2.01. The van der Waals surface area contributed by atoms with Crippen LogP contribution in [0.2, 0.25) is 5.02 Å². The molecule has 1 atom stereocenters. The number of hydrogen-bond acceptors (Lipinski definition) is 3. The molecule has 1 aliphatic rings. The van der Waals surface area contributed by atoms with Crippen LogP contribution in [0.25, 0.3) is 0 Å². The summed E-state index contributed by atoms with van der Waals surface area (Å²) in [6, 6.07) is 3.12. The highest BCUT2D eigenvalue weighted by Gasteiger charge is 2.47. The van der Waals surface area contributed by atoms with Crippen molar-refractivity contribution in [3.8, 4) is 5.88 Å². The number of alkyl halides is 2. The van der Waals surface area contributed by atoms with E-state index in [1.165, 1.54) is 12.3 Å². The molecule has 0 aliphatic carbocycles. The van der Waals surface area contributed by atoms with Gasteiger partial charge in [-0.15, -0.1) is 0 Å². The van der Waals surface area contributed by atoms with Crippen molar-refractivity contribution in [2.24, 2.45) is 0 Å². The number of halogens is 3. The van der Waals surface area contributed by atoms with Crippen LogP contribution >= 0.6 is 11.6 Å². The Morgan fingerprint density at radius 1 is 1.60 bits per heavy atom. The fourth-order valence-electron chi connectivity index (χ4n) is 1.23. The van der Waals surface area contributed by atoms with Crippen LogP contribution in [-0.4, -0.2) is 30.2 Å². The van der Waals surface area contributed by atoms with E-state index in [4.69, 9.17) is 16.3 Å². The van der Waals surface area contributed by atoms with E-state index in [0.29, 0.717) is 0 Å². The molecule has 0 bridgehead atoms. The molecule has 0 spiro atoms. The smallest absolute Gasteiger partial charge is 0.309 e. The fourth-order valence-corrected chi connectivity index (χ4v) is 1.40. The van der Waals surface area contributed by atoms with Crippen molar-refractivity contribution >= 4 is 11.6 Å².